The van der Waals surface area contributed by atoms with E-state index in [0.717, 1.165) is 19.3 Å². The summed E-state index contributed by atoms with van der Waals surface area (Å²) in [5, 5.41) is 22.8. The number of carbonyl (C=O) groups is 1. The van der Waals surface area contributed by atoms with Gasteiger partial charge in [-0.15, -0.1) is 0 Å². The van der Waals surface area contributed by atoms with Gasteiger partial charge in [-0.25, -0.2) is 5.43 Å². The van der Waals surface area contributed by atoms with Gasteiger partial charge in [0.25, 0.3) is 0 Å². The molecule has 0 saturated carbocycles. The third-order valence-electron chi connectivity index (χ3n) is 2.73. The number of benzene rings is 1. The largest absolute Gasteiger partial charge is 0.508 e. The molecule has 0 radical (unpaired) electrons. The Kier molecular flexibility index (Phi) is 5.85. The van der Waals surface area contributed by atoms with Gasteiger partial charge in [0.2, 0.25) is 5.91 Å². The van der Waals surface area contributed by atoms with Crippen molar-refractivity contribution in [1.29, 1.82) is 0 Å². The van der Waals surface area contributed by atoms with Crippen LogP contribution in [0, 0.1) is 0 Å². The number of unbranched alkanes of at least 4 members (excludes halogenated alkanes) is 2. The minimum Gasteiger partial charge on any atom is -0.508 e. The third-order valence-corrected chi connectivity index (χ3v) is 2.73. The highest BCUT2D eigenvalue weighted by Crippen LogP contribution is 2.22. The molecule has 104 valence electrons. The summed E-state index contributed by atoms with van der Waals surface area (Å²) in [6.07, 6.45) is 3.39. The van der Waals surface area contributed by atoms with Gasteiger partial charge in [0.15, 0.2) is 0 Å². The highest BCUT2D eigenvalue weighted by atomic mass is 16.3. The van der Waals surface area contributed by atoms with E-state index in [-0.39, 0.29) is 17.4 Å². The van der Waals surface area contributed by atoms with Crippen molar-refractivity contribution in [3.05, 3.63) is 23.8 Å². The van der Waals surface area contributed by atoms with Crippen molar-refractivity contribution < 1.29 is 15.0 Å². The molecule has 0 aliphatic rings. The van der Waals surface area contributed by atoms with Crippen molar-refractivity contribution in [2.45, 2.75) is 39.5 Å². The fourth-order valence-electron chi connectivity index (χ4n) is 1.62. The first-order chi connectivity index (χ1) is 9.04. The Labute approximate surface area is 113 Å². The molecule has 0 heterocycles. The molecule has 0 bridgehead atoms. The van der Waals surface area contributed by atoms with Gasteiger partial charge >= 0.3 is 0 Å². The van der Waals surface area contributed by atoms with Crippen molar-refractivity contribution >= 4 is 11.6 Å². The molecular formula is C14H20N2O3. The van der Waals surface area contributed by atoms with Gasteiger partial charge in [-0.2, -0.15) is 5.10 Å². The third kappa shape index (κ3) is 4.99. The number of phenols is 2. The van der Waals surface area contributed by atoms with Gasteiger partial charge in [0.05, 0.1) is 5.71 Å². The maximum Gasteiger partial charge on any atom is 0.240 e. The predicted octanol–water partition coefficient (Wildman–Crippen LogP) is 2.52. The van der Waals surface area contributed by atoms with E-state index < -0.39 is 0 Å². The van der Waals surface area contributed by atoms with E-state index in [1.807, 2.05) is 0 Å². The summed E-state index contributed by atoms with van der Waals surface area (Å²) in [7, 11) is 0. The lowest BCUT2D eigenvalue weighted by Gasteiger charge is -2.05. The number of phenolic OH excluding ortho intramolecular Hbond substituents is 2. The van der Waals surface area contributed by atoms with Gasteiger partial charge < -0.3 is 10.2 Å². The molecule has 3 N–H and O–H groups in total. The monoisotopic (exact) mass is 264 g/mol. The maximum atomic E-state index is 11.5. The van der Waals surface area contributed by atoms with E-state index in [0.29, 0.717) is 17.7 Å². The average Bonchev–Trinajstić information content (AvgIpc) is 2.36. The zero-order valence-electron chi connectivity index (χ0n) is 11.3. The van der Waals surface area contributed by atoms with Gasteiger partial charge in [-0.3, -0.25) is 4.79 Å². The first-order valence-corrected chi connectivity index (χ1v) is 6.40. The van der Waals surface area contributed by atoms with Gasteiger partial charge in [-0.05, 0) is 25.5 Å². The van der Waals surface area contributed by atoms with E-state index in [1.54, 1.807) is 13.0 Å². The van der Waals surface area contributed by atoms with E-state index in [1.165, 1.54) is 12.1 Å². The van der Waals surface area contributed by atoms with Crippen LogP contribution < -0.4 is 5.43 Å². The van der Waals surface area contributed by atoms with E-state index in [9.17, 15) is 15.0 Å². The summed E-state index contributed by atoms with van der Waals surface area (Å²) in [4.78, 5) is 11.5. The summed E-state index contributed by atoms with van der Waals surface area (Å²) in [6.45, 7) is 3.76. The minimum absolute atomic E-state index is 0.0161. The van der Waals surface area contributed by atoms with Crippen LogP contribution in [0.2, 0.25) is 0 Å². The van der Waals surface area contributed by atoms with Gasteiger partial charge in [0.1, 0.15) is 11.5 Å². The summed E-state index contributed by atoms with van der Waals surface area (Å²) in [6, 6.07) is 4.24. The predicted molar refractivity (Wildman–Crippen MR) is 74.3 cm³/mol. The molecule has 19 heavy (non-hydrogen) atoms. The molecule has 1 rings (SSSR count). The quantitative estimate of drug-likeness (QED) is 0.419. The van der Waals surface area contributed by atoms with Crippen LogP contribution in [0.3, 0.4) is 0 Å². The highest BCUT2D eigenvalue weighted by molar-refractivity contribution is 6.01. The summed E-state index contributed by atoms with van der Waals surface area (Å²) in [5.41, 5.74) is 3.42. The molecular weight excluding hydrogens is 244 g/mol. The highest BCUT2D eigenvalue weighted by Gasteiger charge is 2.06. The van der Waals surface area contributed by atoms with Crippen LogP contribution in [-0.4, -0.2) is 21.8 Å². The first-order valence-electron chi connectivity index (χ1n) is 6.40. The summed E-state index contributed by atoms with van der Waals surface area (Å²) < 4.78 is 0. The normalized spacial score (nSPS) is 11.4. The smallest absolute Gasteiger partial charge is 0.240 e. The number of aromatic hydroxyl groups is 2. The molecule has 0 saturated heterocycles. The van der Waals surface area contributed by atoms with Crippen molar-refractivity contribution in [3.8, 4) is 11.5 Å². The number of hydrogen-bond donors (Lipinski definition) is 3. The second-order valence-corrected chi connectivity index (χ2v) is 4.39. The molecule has 0 atom stereocenters. The Balaban J connectivity index is 2.59. The lowest BCUT2D eigenvalue weighted by atomic mass is 10.1. The van der Waals surface area contributed by atoms with Crippen LogP contribution in [0.5, 0.6) is 11.5 Å². The topological polar surface area (TPSA) is 81.9 Å². The Morgan fingerprint density at radius 3 is 2.68 bits per heavy atom. The van der Waals surface area contributed by atoms with Crippen molar-refractivity contribution in [2.24, 2.45) is 5.10 Å². The van der Waals surface area contributed by atoms with Gasteiger partial charge in [0, 0.05) is 18.1 Å². The number of amides is 1. The fraction of sp³-hybridized carbons (Fsp3) is 0.429. The molecule has 1 aromatic rings. The molecule has 0 spiro atoms. The average molecular weight is 264 g/mol. The second kappa shape index (κ2) is 7.41. The molecule has 0 aromatic heterocycles. The van der Waals surface area contributed by atoms with Crippen LogP contribution in [0.1, 0.15) is 45.1 Å². The Bertz CT molecular complexity index is 470. The van der Waals surface area contributed by atoms with Crippen LogP contribution in [0.15, 0.2) is 23.3 Å². The zero-order valence-corrected chi connectivity index (χ0v) is 11.3. The number of nitrogens with zero attached hydrogens (tertiary/aromatic N) is 1. The molecule has 5 heteroatoms. The number of rotatable bonds is 6. The van der Waals surface area contributed by atoms with Crippen LogP contribution in [-0.2, 0) is 4.79 Å². The van der Waals surface area contributed by atoms with Crippen LogP contribution >= 0.6 is 0 Å². The SMILES string of the molecule is CCCCCC(=O)N/N=C(\C)c1ccc(O)cc1O. The zero-order chi connectivity index (χ0) is 14.3. The second-order valence-electron chi connectivity index (χ2n) is 4.39. The summed E-state index contributed by atoms with van der Waals surface area (Å²) >= 11 is 0. The molecule has 1 aromatic carbocycles. The number of hydrogen-bond acceptors (Lipinski definition) is 4. The van der Waals surface area contributed by atoms with Crippen molar-refractivity contribution in [3.63, 3.8) is 0 Å². The van der Waals surface area contributed by atoms with E-state index in [4.69, 9.17) is 0 Å². The molecule has 0 fully saturated rings. The number of nitrogens with one attached hydrogen (secondary N) is 1. The molecule has 0 aliphatic heterocycles. The standard InChI is InChI=1S/C14H20N2O3/c1-3-4-5-6-14(19)16-15-10(2)12-8-7-11(17)9-13(12)18/h7-9,17-18H,3-6H2,1-2H3,(H,16,19)/b15-10+. The van der Waals surface area contributed by atoms with Crippen molar-refractivity contribution in [1.82, 2.24) is 5.43 Å². The summed E-state index contributed by atoms with van der Waals surface area (Å²) in [5.74, 6) is -0.217. The van der Waals surface area contributed by atoms with E-state index in [2.05, 4.69) is 17.5 Å². The fourth-order valence-corrected chi connectivity index (χ4v) is 1.62. The van der Waals surface area contributed by atoms with Crippen LogP contribution in [0.25, 0.3) is 0 Å². The lowest BCUT2D eigenvalue weighted by molar-refractivity contribution is -0.121. The molecule has 0 aliphatic carbocycles. The Hall–Kier alpha value is -2.04. The molecule has 1 amide bonds. The van der Waals surface area contributed by atoms with E-state index >= 15 is 0 Å². The Morgan fingerprint density at radius 1 is 1.32 bits per heavy atom. The Morgan fingerprint density at radius 2 is 2.05 bits per heavy atom. The first kappa shape index (κ1) is 15.0. The maximum absolute atomic E-state index is 11.5. The van der Waals surface area contributed by atoms with Crippen molar-refractivity contribution in [2.75, 3.05) is 0 Å². The molecule has 5 nitrogen and oxygen atoms in total. The molecule has 0 unspecified atom stereocenters. The minimum atomic E-state index is -0.133. The van der Waals surface area contributed by atoms with Crippen LogP contribution in [0.4, 0.5) is 0 Å². The number of hydrazone groups is 1. The number of carbonyl (C=O) groups excluding carboxylic acids is 1. The van der Waals surface area contributed by atoms with Gasteiger partial charge in [-0.1, -0.05) is 19.8 Å². The lowest BCUT2D eigenvalue weighted by Crippen LogP contribution is -2.18.